The van der Waals surface area contributed by atoms with E-state index in [4.69, 9.17) is 16.7 Å². The van der Waals surface area contributed by atoms with Gasteiger partial charge in [0.05, 0.1) is 29.5 Å². The largest absolute Gasteiger partial charge is 0.350 e. The van der Waals surface area contributed by atoms with E-state index < -0.39 is 0 Å². The molecule has 162 valence electrons. The van der Waals surface area contributed by atoms with Crippen LogP contribution in [0.5, 0.6) is 0 Å². The van der Waals surface area contributed by atoms with Gasteiger partial charge < -0.3 is 5.32 Å². The van der Waals surface area contributed by atoms with Crippen molar-refractivity contribution >= 4 is 17.5 Å². The molecule has 0 saturated carbocycles. The van der Waals surface area contributed by atoms with E-state index in [0.717, 1.165) is 35.5 Å². The number of carbonyl (C=O) groups is 1. The van der Waals surface area contributed by atoms with Gasteiger partial charge in [0.15, 0.2) is 0 Å². The van der Waals surface area contributed by atoms with E-state index in [1.165, 1.54) is 17.5 Å². The molecular weight excluding hydrogens is 406 g/mol. The Kier molecular flexibility index (Phi) is 5.94. The van der Waals surface area contributed by atoms with Crippen LogP contribution in [-0.2, 0) is 29.6 Å². The van der Waals surface area contributed by atoms with Crippen LogP contribution < -0.4 is 5.32 Å². The second-order valence-electron chi connectivity index (χ2n) is 9.48. The maximum Gasteiger partial charge on any atom is 0.227 e. The Morgan fingerprint density at radius 3 is 2.52 bits per heavy atom. The minimum absolute atomic E-state index is 0.0270. The molecule has 31 heavy (non-hydrogen) atoms. The summed E-state index contributed by atoms with van der Waals surface area (Å²) in [6, 6.07) is 16.2. The molecule has 1 atom stereocenters. The normalized spacial score (nSPS) is 14.4. The Balaban J connectivity index is 1.53. The molecule has 1 heterocycles. The van der Waals surface area contributed by atoms with Crippen LogP contribution in [0, 0.1) is 0 Å². The van der Waals surface area contributed by atoms with Crippen molar-refractivity contribution in [3.05, 3.63) is 81.6 Å². The van der Waals surface area contributed by atoms with Crippen molar-refractivity contribution in [1.82, 2.24) is 15.1 Å². The van der Waals surface area contributed by atoms with E-state index >= 15 is 0 Å². The molecule has 1 aliphatic rings. The molecule has 2 aromatic carbocycles. The maximum atomic E-state index is 13.0. The first-order valence-electron chi connectivity index (χ1n) is 11.0. The number of rotatable bonds is 5. The quantitative estimate of drug-likeness (QED) is 0.556. The molecule has 1 N–H and O–H groups in total. The van der Waals surface area contributed by atoms with Gasteiger partial charge in [0.1, 0.15) is 0 Å². The molecule has 3 aromatic rings. The molecule has 5 heteroatoms. The van der Waals surface area contributed by atoms with E-state index in [9.17, 15) is 4.79 Å². The fraction of sp³-hybridized carbons (Fsp3) is 0.385. The van der Waals surface area contributed by atoms with Gasteiger partial charge in [-0.15, -0.1) is 0 Å². The Morgan fingerprint density at radius 1 is 1.10 bits per heavy atom. The Labute approximate surface area is 189 Å². The fourth-order valence-corrected chi connectivity index (χ4v) is 4.19. The molecule has 4 rings (SSSR count). The Morgan fingerprint density at radius 2 is 1.81 bits per heavy atom. The van der Waals surface area contributed by atoms with Gasteiger partial charge in [-0.3, -0.25) is 4.79 Å². The van der Waals surface area contributed by atoms with Crippen LogP contribution in [0.2, 0.25) is 5.02 Å². The maximum absolute atomic E-state index is 13.0. The first-order chi connectivity index (χ1) is 14.7. The number of hydrogen-bond acceptors (Lipinski definition) is 2. The van der Waals surface area contributed by atoms with Crippen molar-refractivity contribution in [2.45, 2.75) is 64.8 Å². The number of nitrogens with zero attached hydrogens (tertiary/aromatic N) is 2. The van der Waals surface area contributed by atoms with Crippen molar-refractivity contribution in [2.24, 2.45) is 0 Å². The first-order valence-corrected chi connectivity index (χ1v) is 11.3. The summed E-state index contributed by atoms with van der Waals surface area (Å²) in [6.45, 7) is 8.81. The number of nitrogens with one attached hydrogen (secondary N) is 1. The average molecular weight is 436 g/mol. The predicted octanol–water partition coefficient (Wildman–Crippen LogP) is 5.73. The number of fused-ring (bicyclic) bond motifs is 1. The van der Waals surface area contributed by atoms with E-state index in [1.807, 2.05) is 35.9 Å². The number of hydrogen-bond donors (Lipinski definition) is 1. The van der Waals surface area contributed by atoms with Crippen LogP contribution in [0.1, 0.15) is 68.1 Å². The lowest BCUT2D eigenvalue weighted by atomic mass is 9.92. The van der Waals surface area contributed by atoms with Crippen LogP contribution in [0.3, 0.4) is 0 Å². The predicted molar refractivity (Wildman–Crippen MR) is 126 cm³/mol. The Bertz CT molecular complexity index is 1090. The van der Waals surface area contributed by atoms with Crippen molar-refractivity contribution in [2.75, 3.05) is 0 Å². The standard InChI is InChI=1S/C26H30ClN3O/c1-17(19-9-8-18-6-5-7-20(18)14-19)25(31)28-16-23-15-24(26(2,3)4)29-30(23)22-12-10-21(27)11-13-22/h8-15,17H,5-7,16H2,1-4H3,(H,28,31). The zero-order chi connectivity index (χ0) is 22.2. The molecule has 1 unspecified atom stereocenters. The minimum Gasteiger partial charge on any atom is -0.350 e. The summed E-state index contributed by atoms with van der Waals surface area (Å²) in [6.07, 6.45) is 3.48. The number of aryl methyl sites for hydroxylation is 2. The highest BCUT2D eigenvalue weighted by Crippen LogP contribution is 2.27. The highest BCUT2D eigenvalue weighted by Gasteiger charge is 2.22. The summed E-state index contributed by atoms with van der Waals surface area (Å²) in [7, 11) is 0. The van der Waals surface area contributed by atoms with Gasteiger partial charge in [-0.2, -0.15) is 5.10 Å². The smallest absolute Gasteiger partial charge is 0.227 e. The number of halogens is 1. The summed E-state index contributed by atoms with van der Waals surface area (Å²) < 4.78 is 1.90. The minimum atomic E-state index is -0.195. The van der Waals surface area contributed by atoms with Crippen molar-refractivity contribution in [3.8, 4) is 5.69 Å². The summed E-state index contributed by atoms with van der Waals surface area (Å²) in [5.74, 6) is -0.168. The Hall–Kier alpha value is -2.59. The highest BCUT2D eigenvalue weighted by molar-refractivity contribution is 6.30. The lowest BCUT2D eigenvalue weighted by Crippen LogP contribution is -2.28. The summed E-state index contributed by atoms with van der Waals surface area (Å²) in [5, 5.41) is 8.63. The van der Waals surface area contributed by atoms with Crippen molar-refractivity contribution in [1.29, 1.82) is 0 Å². The first kappa shape index (κ1) is 21.6. The van der Waals surface area contributed by atoms with Crippen LogP contribution in [0.15, 0.2) is 48.5 Å². The zero-order valence-corrected chi connectivity index (χ0v) is 19.5. The molecular formula is C26H30ClN3O. The molecule has 4 nitrogen and oxygen atoms in total. The molecule has 0 aliphatic heterocycles. The molecule has 0 bridgehead atoms. The molecule has 0 saturated heterocycles. The van der Waals surface area contributed by atoms with Crippen molar-refractivity contribution in [3.63, 3.8) is 0 Å². The lowest BCUT2D eigenvalue weighted by molar-refractivity contribution is -0.122. The summed E-state index contributed by atoms with van der Waals surface area (Å²) in [4.78, 5) is 13.0. The van der Waals surface area contributed by atoms with E-state index in [0.29, 0.717) is 11.6 Å². The third-order valence-corrected chi connectivity index (χ3v) is 6.33. The molecule has 0 fully saturated rings. The molecule has 0 spiro atoms. The molecule has 1 aromatic heterocycles. The van der Waals surface area contributed by atoms with Gasteiger partial charge >= 0.3 is 0 Å². The number of aromatic nitrogens is 2. The molecule has 1 aliphatic carbocycles. The number of benzene rings is 2. The summed E-state index contributed by atoms with van der Waals surface area (Å²) >= 11 is 6.06. The van der Waals surface area contributed by atoms with Crippen LogP contribution in [-0.4, -0.2) is 15.7 Å². The van der Waals surface area contributed by atoms with Gasteiger partial charge in [0.2, 0.25) is 5.91 Å². The topological polar surface area (TPSA) is 46.9 Å². The lowest BCUT2D eigenvalue weighted by Gasteiger charge is -2.15. The van der Waals surface area contributed by atoms with Crippen LogP contribution in [0.4, 0.5) is 0 Å². The fourth-order valence-electron chi connectivity index (χ4n) is 4.06. The average Bonchev–Trinajstić information content (AvgIpc) is 3.38. The van der Waals surface area contributed by atoms with Crippen LogP contribution in [0.25, 0.3) is 5.69 Å². The van der Waals surface area contributed by atoms with Crippen molar-refractivity contribution < 1.29 is 4.79 Å². The van der Waals surface area contributed by atoms with Gasteiger partial charge in [-0.25, -0.2) is 4.68 Å². The highest BCUT2D eigenvalue weighted by atomic mass is 35.5. The molecule has 0 radical (unpaired) electrons. The van der Waals surface area contributed by atoms with E-state index in [1.54, 1.807) is 0 Å². The second-order valence-corrected chi connectivity index (χ2v) is 9.92. The second kappa shape index (κ2) is 8.51. The van der Waals surface area contributed by atoms with Gasteiger partial charge in [-0.1, -0.05) is 50.6 Å². The third-order valence-electron chi connectivity index (χ3n) is 6.08. The van der Waals surface area contributed by atoms with Gasteiger partial charge in [0.25, 0.3) is 0 Å². The third kappa shape index (κ3) is 4.69. The summed E-state index contributed by atoms with van der Waals surface area (Å²) in [5.41, 5.74) is 6.68. The SMILES string of the molecule is CC(C(=O)NCc1cc(C(C)(C)C)nn1-c1ccc(Cl)cc1)c1ccc2c(c1)CCC2. The van der Waals surface area contributed by atoms with Gasteiger partial charge in [0, 0.05) is 10.4 Å². The van der Waals surface area contributed by atoms with Crippen LogP contribution >= 0.6 is 11.6 Å². The number of amides is 1. The monoisotopic (exact) mass is 435 g/mol. The zero-order valence-electron chi connectivity index (χ0n) is 18.7. The van der Waals surface area contributed by atoms with E-state index in [2.05, 4.69) is 50.4 Å². The molecule has 1 amide bonds. The van der Waals surface area contributed by atoms with Gasteiger partial charge in [-0.05, 0) is 73.2 Å². The number of carbonyl (C=O) groups excluding carboxylic acids is 1. The van der Waals surface area contributed by atoms with E-state index in [-0.39, 0.29) is 17.2 Å².